The number of hydrogen-bond acceptors (Lipinski definition) is 4. The highest BCUT2D eigenvalue weighted by Crippen LogP contribution is 2.21. The number of rotatable bonds is 5. The molecule has 23 heavy (non-hydrogen) atoms. The highest BCUT2D eigenvalue weighted by Gasteiger charge is 2.28. The fourth-order valence-electron chi connectivity index (χ4n) is 2.77. The summed E-state index contributed by atoms with van der Waals surface area (Å²) in [7, 11) is 0. The van der Waals surface area contributed by atoms with Crippen LogP contribution >= 0.6 is 0 Å². The summed E-state index contributed by atoms with van der Waals surface area (Å²) in [6.45, 7) is 5.73. The van der Waals surface area contributed by atoms with Crippen LogP contribution in [0.3, 0.4) is 0 Å². The lowest BCUT2D eigenvalue weighted by molar-refractivity contribution is -0.140. The van der Waals surface area contributed by atoms with Gasteiger partial charge in [-0.1, -0.05) is 6.92 Å². The number of amides is 1. The van der Waals surface area contributed by atoms with Gasteiger partial charge in [0.05, 0.1) is 13.2 Å². The molecule has 1 fully saturated rings. The summed E-state index contributed by atoms with van der Waals surface area (Å²) >= 11 is 0. The minimum Gasteiger partial charge on any atom is -0.366 e. The minimum atomic E-state index is -0.244. The molecule has 1 aliphatic rings. The number of nitrogens with one attached hydrogen (secondary N) is 1. The number of nitrogens with zero attached hydrogens (tertiary/aromatic N) is 4. The molecule has 1 saturated heterocycles. The summed E-state index contributed by atoms with van der Waals surface area (Å²) in [4.78, 5) is 18.8. The summed E-state index contributed by atoms with van der Waals surface area (Å²) < 4.78 is 7.79. The second-order valence-corrected chi connectivity index (χ2v) is 5.88. The number of aromatic nitrogens is 4. The molecule has 0 saturated carbocycles. The minimum absolute atomic E-state index is 0.144. The number of ether oxygens (including phenoxy) is 1. The molecule has 0 radical (unpaired) electrons. The van der Waals surface area contributed by atoms with Crippen LogP contribution in [0.15, 0.2) is 24.5 Å². The van der Waals surface area contributed by atoms with Crippen LogP contribution in [0.25, 0.3) is 0 Å². The van der Waals surface area contributed by atoms with Gasteiger partial charge in [-0.15, -0.1) is 0 Å². The molecule has 124 valence electrons. The Morgan fingerprint density at radius 2 is 2.26 bits per heavy atom. The molecule has 2 atom stereocenters. The molecule has 2 aromatic rings. The van der Waals surface area contributed by atoms with E-state index in [1.54, 1.807) is 0 Å². The van der Waals surface area contributed by atoms with Gasteiger partial charge in [-0.25, -0.2) is 4.98 Å². The van der Waals surface area contributed by atoms with E-state index < -0.39 is 0 Å². The Labute approximate surface area is 135 Å². The van der Waals surface area contributed by atoms with E-state index in [0.29, 0.717) is 31.9 Å². The third kappa shape index (κ3) is 3.61. The number of hydrogen-bond donors (Lipinski definition) is 1. The first-order valence-electron chi connectivity index (χ1n) is 8.10. The standard InChI is InChI=1S/C16H23N5O2/c1-3-14-17-16(19-18-14)13-11-21(8-9-23-13)15(22)10-12(2)20-6-4-5-7-20/h4-7,12-13H,3,8-11H2,1-2H3,(H,17,18,19)/t12-,13-/m0/s1. The molecular weight excluding hydrogens is 294 g/mol. The zero-order chi connectivity index (χ0) is 16.2. The van der Waals surface area contributed by atoms with Crippen LogP contribution in [0, 0.1) is 0 Å². The van der Waals surface area contributed by atoms with E-state index in [0.717, 1.165) is 12.2 Å². The quantitative estimate of drug-likeness (QED) is 0.911. The zero-order valence-electron chi connectivity index (χ0n) is 13.6. The molecule has 1 amide bonds. The van der Waals surface area contributed by atoms with Gasteiger partial charge in [0, 0.05) is 37.8 Å². The average Bonchev–Trinajstić information content (AvgIpc) is 3.26. The van der Waals surface area contributed by atoms with Gasteiger partial charge >= 0.3 is 0 Å². The van der Waals surface area contributed by atoms with Crippen LogP contribution in [0.1, 0.15) is 44.1 Å². The second kappa shape index (κ2) is 6.95. The lowest BCUT2D eigenvalue weighted by atomic mass is 10.2. The molecule has 1 aliphatic heterocycles. The van der Waals surface area contributed by atoms with E-state index >= 15 is 0 Å². The van der Waals surface area contributed by atoms with Crippen LogP contribution in [0.2, 0.25) is 0 Å². The van der Waals surface area contributed by atoms with Crippen molar-refractivity contribution in [2.24, 2.45) is 0 Å². The molecule has 1 N–H and O–H groups in total. The van der Waals surface area contributed by atoms with Crippen molar-refractivity contribution in [3.63, 3.8) is 0 Å². The lowest BCUT2D eigenvalue weighted by Gasteiger charge is -2.32. The maximum atomic E-state index is 12.6. The zero-order valence-corrected chi connectivity index (χ0v) is 13.6. The van der Waals surface area contributed by atoms with Gasteiger partial charge in [0.2, 0.25) is 5.91 Å². The van der Waals surface area contributed by atoms with Crippen molar-refractivity contribution in [1.82, 2.24) is 24.6 Å². The Morgan fingerprint density at radius 1 is 1.48 bits per heavy atom. The molecule has 2 aromatic heterocycles. The Bertz CT molecular complexity index is 637. The predicted molar refractivity (Wildman–Crippen MR) is 84.8 cm³/mol. The monoisotopic (exact) mass is 317 g/mol. The maximum absolute atomic E-state index is 12.6. The normalized spacial score (nSPS) is 19.7. The Kier molecular flexibility index (Phi) is 4.76. The van der Waals surface area contributed by atoms with Crippen molar-refractivity contribution in [3.8, 4) is 0 Å². The summed E-state index contributed by atoms with van der Waals surface area (Å²) in [5.74, 6) is 1.62. The third-order valence-electron chi connectivity index (χ3n) is 4.20. The molecule has 0 aliphatic carbocycles. The van der Waals surface area contributed by atoms with Gasteiger partial charge in [0.25, 0.3) is 0 Å². The van der Waals surface area contributed by atoms with Crippen molar-refractivity contribution in [3.05, 3.63) is 36.2 Å². The van der Waals surface area contributed by atoms with Gasteiger partial charge < -0.3 is 14.2 Å². The summed E-state index contributed by atoms with van der Waals surface area (Å²) in [6, 6.07) is 4.09. The van der Waals surface area contributed by atoms with Crippen molar-refractivity contribution >= 4 is 5.91 Å². The molecule has 0 aromatic carbocycles. The van der Waals surface area contributed by atoms with E-state index in [1.165, 1.54) is 0 Å². The summed E-state index contributed by atoms with van der Waals surface area (Å²) in [5.41, 5.74) is 0. The van der Waals surface area contributed by atoms with Gasteiger partial charge in [0.1, 0.15) is 11.9 Å². The molecule has 3 rings (SSSR count). The number of aryl methyl sites for hydroxylation is 1. The molecule has 0 unspecified atom stereocenters. The summed E-state index contributed by atoms with van der Waals surface area (Å²) in [6.07, 6.45) is 5.01. The molecular formula is C16H23N5O2. The van der Waals surface area contributed by atoms with Crippen LogP contribution < -0.4 is 0 Å². The highest BCUT2D eigenvalue weighted by atomic mass is 16.5. The lowest BCUT2D eigenvalue weighted by Crippen LogP contribution is -2.43. The predicted octanol–water partition coefficient (Wildman–Crippen LogP) is 1.72. The van der Waals surface area contributed by atoms with Crippen LogP contribution in [0.5, 0.6) is 0 Å². The van der Waals surface area contributed by atoms with Crippen LogP contribution in [-0.4, -0.2) is 50.3 Å². The third-order valence-corrected chi connectivity index (χ3v) is 4.20. The number of morpholine rings is 1. The Hall–Kier alpha value is -2.15. The van der Waals surface area contributed by atoms with E-state index in [2.05, 4.69) is 26.7 Å². The van der Waals surface area contributed by atoms with Crippen LogP contribution in [0.4, 0.5) is 0 Å². The SMILES string of the molecule is CCc1nc([C@@H]2CN(C(=O)C[C@H](C)n3cccc3)CCO2)n[nH]1. The Balaban J connectivity index is 1.60. The molecule has 7 nitrogen and oxygen atoms in total. The molecule has 7 heteroatoms. The number of H-pyrrole nitrogens is 1. The van der Waals surface area contributed by atoms with Gasteiger partial charge in [-0.3, -0.25) is 9.89 Å². The Morgan fingerprint density at radius 3 is 2.96 bits per heavy atom. The molecule has 0 bridgehead atoms. The fraction of sp³-hybridized carbons (Fsp3) is 0.562. The van der Waals surface area contributed by atoms with Gasteiger partial charge in [-0.05, 0) is 19.1 Å². The van der Waals surface area contributed by atoms with E-state index in [-0.39, 0.29) is 18.1 Å². The first-order valence-corrected chi connectivity index (χ1v) is 8.10. The fourth-order valence-corrected chi connectivity index (χ4v) is 2.77. The molecule has 0 spiro atoms. The highest BCUT2D eigenvalue weighted by molar-refractivity contribution is 5.76. The molecule has 3 heterocycles. The average molecular weight is 317 g/mol. The first kappa shape index (κ1) is 15.7. The largest absolute Gasteiger partial charge is 0.366 e. The van der Waals surface area contributed by atoms with Crippen LogP contribution in [-0.2, 0) is 16.0 Å². The smallest absolute Gasteiger partial charge is 0.224 e. The van der Waals surface area contributed by atoms with E-state index in [1.807, 2.05) is 36.4 Å². The van der Waals surface area contributed by atoms with Gasteiger partial charge in [0.15, 0.2) is 5.82 Å². The van der Waals surface area contributed by atoms with E-state index in [4.69, 9.17) is 4.74 Å². The van der Waals surface area contributed by atoms with Crippen molar-refractivity contribution < 1.29 is 9.53 Å². The number of carbonyl (C=O) groups is 1. The topological polar surface area (TPSA) is 76.0 Å². The summed E-state index contributed by atoms with van der Waals surface area (Å²) in [5, 5.41) is 7.10. The van der Waals surface area contributed by atoms with Crippen molar-refractivity contribution in [2.75, 3.05) is 19.7 Å². The van der Waals surface area contributed by atoms with Crippen molar-refractivity contribution in [2.45, 2.75) is 38.8 Å². The second-order valence-electron chi connectivity index (χ2n) is 5.88. The maximum Gasteiger partial charge on any atom is 0.224 e. The van der Waals surface area contributed by atoms with E-state index in [9.17, 15) is 4.79 Å². The van der Waals surface area contributed by atoms with Crippen molar-refractivity contribution in [1.29, 1.82) is 0 Å². The first-order chi connectivity index (χ1) is 11.2. The van der Waals surface area contributed by atoms with Gasteiger partial charge in [-0.2, -0.15) is 5.10 Å². The number of carbonyl (C=O) groups excluding carboxylic acids is 1. The number of aromatic amines is 1.